The molecule has 0 aromatic rings. The first kappa shape index (κ1) is 7.48. The molecule has 0 aliphatic rings. The molecule has 0 saturated heterocycles. The Labute approximate surface area is 90.0 Å². The van der Waals surface area contributed by atoms with E-state index in [-0.39, 0.29) is 0 Å². The molecule has 0 aliphatic heterocycles. The summed E-state index contributed by atoms with van der Waals surface area (Å²) in [4.78, 5) is 11.4. The van der Waals surface area contributed by atoms with Crippen molar-refractivity contribution < 1.29 is 24.9 Å². The number of ether oxygens (including phenoxy) is 2. The highest BCUT2D eigenvalue weighted by Gasteiger charge is 2.18. The fourth-order valence-corrected chi connectivity index (χ4v) is 0.656. The van der Waals surface area contributed by atoms with Gasteiger partial charge in [0.1, 0.15) is 5.60 Å². The van der Waals surface area contributed by atoms with E-state index in [0.29, 0.717) is 0 Å². The number of hydrogen-bond donors (Lipinski definition) is 2. The minimum Gasteiger partial charge on any atom is -0.444 e. The first-order chi connectivity index (χ1) is 7.87. The zero-order chi connectivity index (χ0) is 14.6. The Morgan fingerprint density at radius 1 is 1.71 bits per heavy atom. The highest BCUT2D eigenvalue weighted by molar-refractivity contribution is 5.68. The van der Waals surface area contributed by atoms with Crippen LogP contribution in [0.25, 0.3) is 0 Å². The Bertz CT molecular complexity index is 289. The van der Waals surface area contributed by atoms with E-state index in [2.05, 4.69) is 10.1 Å². The van der Waals surface area contributed by atoms with E-state index in [1.54, 1.807) is 20.8 Å². The summed E-state index contributed by atoms with van der Waals surface area (Å²) in [6.45, 7) is 3.42. The highest BCUT2D eigenvalue weighted by atomic mass is 16.6. The lowest BCUT2D eigenvalue weighted by molar-refractivity contribution is 0.0429. The molecule has 0 radical (unpaired) electrons. The molecule has 5 nitrogen and oxygen atoms in total. The van der Waals surface area contributed by atoms with Crippen molar-refractivity contribution in [2.45, 2.75) is 32.4 Å². The van der Waals surface area contributed by atoms with E-state index in [1.165, 1.54) is 0 Å². The summed E-state index contributed by atoms with van der Waals surface area (Å²) >= 11 is 0. The molecule has 84 valence electrons. The second-order valence-corrected chi connectivity index (χ2v) is 3.68. The lowest BCUT2D eigenvalue weighted by Crippen LogP contribution is -2.43. The maximum Gasteiger partial charge on any atom is 0.408 e. The van der Waals surface area contributed by atoms with Gasteiger partial charge in [-0.1, -0.05) is 0 Å². The van der Waals surface area contributed by atoms with Crippen molar-refractivity contribution in [2.24, 2.45) is 0 Å². The van der Waals surface area contributed by atoms with Crippen molar-refractivity contribution in [2.75, 3.05) is 20.3 Å². The third-order valence-electron chi connectivity index (χ3n) is 1.11. The third kappa shape index (κ3) is 6.68. The summed E-state index contributed by atoms with van der Waals surface area (Å²) in [7, 11) is -2.70. The van der Waals surface area contributed by atoms with Crippen LogP contribution in [0.1, 0.15) is 26.3 Å². The van der Waals surface area contributed by atoms with Crippen LogP contribution in [-0.4, -0.2) is 43.1 Å². The molecular weight excluding hydrogens is 186 g/mol. The van der Waals surface area contributed by atoms with E-state index in [4.69, 9.17) is 15.3 Å². The van der Waals surface area contributed by atoms with Crippen LogP contribution in [0.4, 0.5) is 4.79 Å². The molecule has 0 aromatic heterocycles. The minimum absolute atomic E-state index is 0.681. The van der Waals surface area contributed by atoms with Crippen LogP contribution in [-0.2, 0) is 9.47 Å². The molecule has 0 saturated carbocycles. The van der Waals surface area contributed by atoms with Gasteiger partial charge in [0.15, 0.2) is 0 Å². The topological polar surface area (TPSA) is 67.8 Å². The summed E-state index contributed by atoms with van der Waals surface area (Å²) in [6.07, 6.45) is -0.930. The molecule has 1 amide bonds. The van der Waals surface area contributed by atoms with Gasteiger partial charge < -0.3 is 19.9 Å². The monoisotopic (exact) mass is 209 g/mol. The van der Waals surface area contributed by atoms with Crippen LogP contribution in [0, 0.1) is 0 Å². The van der Waals surface area contributed by atoms with Gasteiger partial charge in [0, 0.05) is 7.04 Å². The van der Waals surface area contributed by atoms with Crippen LogP contribution in [0.3, 0.4) is 0 Å². The Balaban J connectivity index is 4.43. The first-order valence-corrected chi connectivity index (χ1v) is 4.13. The van der Waals surface area contributed by atoms with Crippen LogP contribution < -0.4 is 5.32 Å². The van der Waals surface area contributed by atoms with Crippen molar-refractivity contribution in [1.29, 1.82) is 0 Å². The van der Waals surface area contributed by atoms with Gasteiger partial charge in [0.2, 0.25) is 0 Å². The van der Waals surface area contributed by atoms with E-state index in [9.17, 15) is 4.79 Å². The van der Waals surface area contributed by atoms with Gasteiger partial charge >= 0.3 is 6.09 Å². The average molecular weight is 209 g/mol. The Morgan fingerprint density at radius 3 is 2.79 bits per heavy atom. The number of aliphatic hydroxyl groups excluding tert-OH is 1. The molecule has 0 aromatic carbocycles. The lowest BCUT2D eigenvalue weighted by atomic mass is 10.2. The number of carbonyl (C=O) groups is 1. The van der Waals surface area contributed by atoms with Gasteiger partial charge in [0.25, 0.3) is 0 Å². The normalized spacial score (nSPS) is 20.9. The zero-order valence-corrected chi connectivity index (χ0v) is 8.59. The van der Waals surface area contributed by atoms with E-state index < -0.39 is 38.0 Å². The van der Waals surface area contributed by atoms with Crippen LogP contribution in [0.2, 0.25) is 0 Å². The van der Waals surface area contributed by atoms with Crippen molar-refractivity contribution in [3.8, 4) is 0 Å². The second kappa shape index (κ2) is 5.82. The predicted octanol–water partition coefficient (Wildman–Crippen LogP) is 0.518. The molecule has 0 heterocycles. The standard InChI is InChI=1S/C9H19NO4/c1-9(2,3)14-8(12)10-7(5-11)6-13-4/h7,11H,5-6H2,1-4H3,(H,10,12)/t7-/m1/s1/i4D3,7D. The van der Waals surface area contributed by atoms with Crippen LogP contribution in [0.15, 0.2) is 0 Å². The van der Waals surface area contributed by atoms with Crippen molar-refractivity contribution in [3.63, 3.8) is 0 Å². The maximum atomic E-state index is 11.4. The minimum atomic E-state index is -2.70. The second-order valence-electron chi connectivity index (χ2n) is 3.68. The molecule has 0 aliphatic carbocycles. The summed E-state index contributed by atoms with van der Waals surface area (Å²) < 4.78 is 37.4. The molecule has 1 atom stereocenters. The SMILES string of the molecule is [2H]C([2H])([2H])OC[C@@]([2H])(CO)NC(=O)OC(C)(C)C. The number of nitrogens with one attached hydrogen (secondary N) is 1. The smallest absolute Gasteiger partial charge is 0.408 e. The summed E-state index contributed by atoms with van der Waals surface area (Å²) in [5.41, 5.74) is -0.759. The third-order valence-corrected chi connectivity index (χ3v) is 1.11. The van der Waals surface area contributed by atoms with Crippen molar-refractivity contribution in [1.82, 2.24) is 5.32 Å². The molecule has 0 spiro atoms. The quantitative estimate of drug-likeness (QED) is 0.708. The molecule has 0 unspecified atom stereocenters. The number of rotatable bonds is 4. The van der Waals surface area contributed by atoms with E-state index in [0.717, 1.165) is 0 Å². The van der Waals surface area contributed by atoms with Gasteiger partial charge in [-0.25, -0.2) is 4.79 Å². The van der Waals surface area contributed by atoms with E-state index in [1.807, 2.05) is 0 Å². The maximum absolute atomic E-state index is 11.4. The van der Waals surface area contributed by atoms with Gasteiger partial charge in [-0.05, 0) is 20.8 Å². The van der Waals surface area contributed by atoms with Crippen LogP contribution >= 0.6 is 0 Å². The number of alkyl carbamates (subject to hydrolysis) is 1. The molecular formula is C9H19NO4. The van der Waals surface area contributed by atoms with Gasteiger partial charge in [0.05, 0.1) is 24.7 Å². The number of aliphatic hydroxyl groups is 1. The van der Waals surface area contributed by atoms with Gasteiger partial charge in [-0.2, -0.15) is 0 Å². The average Bonchev–Trinajstić information content (AvgIpc) is 2.10. The number of hydrogen-bond acceptors (Lipinski definition) is 4. The van der Waals surface area contributed by atoms with E-state index >= 15 is 0 Å². The fourth-order valence-electron chi connectivity index (χ4n) is 0.656. The molecule has 14 heavy (non-hydrogen) atoms. The summed E-state index contributed by atoms with van der Waals surface area (Å²) in [5, 5.41) is 11.1. The lowest BCUT2D eigenvalue weighted by Gasteiger charge is -2.22. The molecule has 5 heteroatoms. The molecule has 0 fully saturated rings. The van der Waals surface area contributed by atoms with Gasteiger partial charge in [-0.15, -0.1) is 0 Å². The summed E-state index contributed by atoms with van der Waals surface area (Å²) in [6, 6.07) is -1.96. The zero-order valence-electron chi connectivity index (χ0n) is 12.6. The largest absolute Gasteiger partial charge is 0.444 e. The number of amides is 1. The molecule has 0 bridgehead atoms. The molecule has 2 N–H and O–H groups in total. The fraction of sp³-hybridized carbons (Fsp3) is 0.889. The Morgan fingerprint density at radius 2 is 2.36 bits per heavy atom. The van der Waals surface area contributed by atoms with Gasteiger partial charge in [-0.3, -0.25) is 0 Å². The Hall–Kier alpha value is -0.810. The number of methoxy groups -OCH3 is 1. The predicted molar refractivity (Wildman–Crippen MR) is 52.1 cm³/mol. The van der Waals surface area contributed by atoms with Crippen molar-refractivity contribution in [3.05, 3.63) is 0 Å². The van der Waals surface area contributed by atoms with Crippen molar-refractivity contribution >= 4 is 6.09 Å². The molecule has 0 rings (SSSR count). The number of carbonyl (C=O) groups excluding carboxylic acids is 1. The summed E-state index contributed by atoms with van der Waals surface area (Å²) in [5.74, 6) is 0. The first-order valence-electron chi connectivity index (χ1n) is 6.13. The highest BCUT2D eigenvalue weighted by Crippen LogP contribution is 2.06. The van der Waals surface area contributed by atoms with Crippen LogP contribution in [0.5, 0.6) is 0 Å². The Kier molecular flexibility index (Phi) is 3.11.